The van der Waals surface area contributed by atoms with Gasteiger partial charge in [-0.2, -0.15) is 0 Å². The molecular weight excluding hydrogens is 596 g/mol. The quantitative estimate of drug-likeness (QED) is 0.294. The largest absolute Gasteiger partial charge is 0.444 e. The first-order valence-corrected chi connectivity index (χ1v) is 16.6. The molecule has 4 amide bonds. The molecule has 254 valence electrons. The van der Waals surface area contributed by atoms with Gasteiger partial charge in [0.05, 0.1) is 18.8 Å². The van der Waals surface area contributed by atoms with E-state index in [9.17, 15) is 19.2 Å². The number of carbonyl (C=O) groups excluding carboxylic acids is 4. The van der Waals surface area contributed by atoms with Crippen molar-refractivity contribution in [2.75, 3.05) is 19.7 Å². The van der Waals surface area contributed by atoms with Gasteiger partial charge in [0, 0.05) is 18.7 Å². The van der Waals surface area contributed by atoms with E-state index in [1.807, 2.05) is 67.6 Å². The molecule has 0 aromatic heterocycles. The van der Waals surface area contributed by atoms with Gasteiger partial charge in [-0.25, -0.2) is 4.79 Å². The Bertz CT molecular complexity index is 1440. The van der Waals surface area contributed by atoms with Crippen LogP contribution in [0.3, 0.4) is 0 Å². The van der Waals surface area contributed by atoms with E-state index in [4.69, 9.17) is 9.47 Å². The molecule has 0 unspecified atom stereocenters. The Morgan fingerprint density at radius 2 is 1.55 bits per heavy atom. The number of nitrogens with zero attached hydrogens (tertiary/aromatic N) is 1. The molecule has 0 bridgehead atoms. The van der Waals surface area contributed by atoms with E-state index in [1.165, 1.54) is 0 Å². The standard InChI is InChI=1S/C37H50N4O6/c1-7-41(23-28-30(27-19-13-9-14-20-27)31(42)39-37(28)21-15-10-16-22-37)32(43)29(25-46-24-26-17-11-8-12-18-26)38-33(44)36(5,6)40-34(45)47-35(2,3)4/h8-9,11-14,17-20,29H,7,10,15-16,21-25H2,1-6H3,(H,38,44)(H,39,42)(H,40,45)/t29-/m1/s1. The Hall–Kier alpha value is -4.18. The minimum atomic E-state index is -1.39. The fraction of sp³-hybridized carbons (Fsp3) is 0.514. The summed E-state index contributed by atoms with van der Waals surface area (Å²) in [6.45, 7) is 10.9. The molecule has 2 aliphatic rings. The Kier molecular flexibility index (Phi) is 11.5. The molecule has 0 saturated heterocycles. The molecule has 47 heavy (non-hydrogen) atoms. The van der Waals surface area contributed by atoms with E-state index in [1.54, 1.807) is 39.5 Å². The summed E-state index contributed by atoms with van der Waals surface area (Å²) in [6.07, 6.45) is 3.94. The lowest BCUT2D eigenvalue weighted by Gasteiger charge is -2.39. The molecule has 2 aromatic carbocycles. The number of amides is 4. The second-order valence-electron chi connectivity index (χ2n) is 13.9. The molecule has 3 N–H and O–H groups in total. The summed E-state index contributed by atoms with van der Waals surface area (Å²) in [5.41, 5.74) is 0.605. The molecule has 1 atom stereocenters. The van der Waals surface area contributed by atoms with Crippen LogP contribution in [-0.4, -0.2) is 71.1 Å². The first kappa shape index (κ1) is 35.7. The molecule has 1 fully saturated rings. The van der Waals surface area contributed by atoms with Crippen molar-refractivity contribution in [3.05, 3.63) is 77.4 Å². The van der Waals surface area contributed by atoms with Gasteiger partial charge >= 0.3 is 6.09 Å². The maximum atomic E-state index is 14.4. The average Bonchev–Trinajstić information content (AvgIpc) is 3.27. The molecule has 1 heterocycles. The molecule has 10 nitrogen and oxygen atoms in total. The third-order valence-electron chi connectivity index (χ3n) is 8.65. The second-order valence-corrected chi connectivity index (χ2v) is 13.9. The molecular formula is C37H50N4O6. The van der Waals surface area contributed by atoms with Crippen LogP contribution in [0.5, 0.6) is 0 Å². The normalized spacial score (nSPS) is 16.8. The van der Waals surface area contributed by atoms with E-state index in [0.717, 1.165) is 48.8 Å². The van der Waals surface area contributed by atoms with Crippen molar-refractivity contribution in [2.24, 2.45) is 0 Å². The lowest BCUT2D eigenvalue weighted by Crippen LogP contribution is -2.61. The highest BCUT2D eigenvalue weighted by Crippen LogP contribution is 2.43. The minimum absolute atomic E-state index is 0.0919. The van der Waals surface area contributed by atoms with Crippen molar-refractivity contribution >= 4 is 29.4 Å². The van der Waals surface area contributed by atoms with E-state index in [2.05, 4.69) is 16.0 Å². The fourth-order valence-corrected chi connectivity index (χ4v) is 6.21. The van der Waals surface area contributed by atoms with Crippen molar-refractivity contribution in [1.29, 1.82) is 0 Å². The van der Waals surface area contributed by atoms with Crippen molar-refractivity contribution in [1.82, 2.24) is 20.9 Å². The van der Waals surface area contributed by atoms with Crippen LogP contribution >= 0.6 is 0 Å². The highest BCUT2D eigenvalue weighted by atomic mass is 16.6. The summed E-state index contributed by atoms with van der Waals surface area (Å²) in [4.78, 5) is 55.8. The lowest BCUT2D eigenvalue weighted by molar-refractivity contribution is -0.139. The number of benzene rings is 2. The minimum Gasteiger partial charge on any atom is -0.444 e. The summed E-state index contributed by atoms with van der Waals surface area (Å²) in [5, 5.41) is 8.77. The predicted octanol–water partition coefficient (Wildman–Crippen LogP) is 5.13. The molecule has 10 heteroatoms. The van der Waals surface area contributed by atoms with E-state index in [-0.39, 0.29) is 31.6 Å². The summed E-state index contributed by atoms with van der Waals surface area (Å²) >= 11 is 0. The van der Waals surface area contributed by atoms with E-state index < -0.39 is 34.7 Å². The summed E-state index contributed by atoms with van der Waals surface area (Å²) < 4.78 is 11.4. The highest BCUT2D eigenvalue weighted by Gasteiger charge is 2.46. The van der Waals surface area contributed by atoms with Crippen molar-refractivity contribution in [3.63, 3.8) is 0 Å². The smallest absolute Gasteiger partial charge is 0.408 e. The molecule has 1 spiro atoms. The zero-order valence-corrected chi connectivity index (χ0v) is 28.6. The topological polar surface area (TPSA) is 126 Å². The van der Waals surface area contributed by atoms with Crippen LogP contribution in [0.4, 0.5) is 4.79 Å². The molecule has 4 rings (SSSR count). The number of likely N-dealkylation sites (N-methyl/N-ethyl adjacent to an activating group) is 1. The van der Waals surface area contributed by atoms with Crippen LogP contribution < -0.4 is 16.0 Å². The summed E-state index contributed by atoms with van der Waals surface area (Å²) in [6, 6.07) is 18.1. The zero-order valence-electron chi connectivity index (χ0n) is 28.6. The zero-order chi connectivity index (χ0) is 34.2. The second kappa shape index (κ2) is 15.2. The first-order valence-electron chi connectivity index (χ1n) is 16.6. The summed E-state index contributed by atoms with van der Waals surface area (Å²) in [5.74, 6) is -1.03. The van der Waals surface area contributed by atoms with Crippen LogP contribution in [0.2, 0.25) is 0 Å². The molecule has 1 saturated carbocycles. The van der Waals surface area contributed by atoms with E-state index >= 15 is 0 Å². The van der Waals surface area contributed by atoms with Gasteiger partial charge in [-0.15, -0.1) is 0 Å². The van der Waals surface area contributed by atoms with Crippen LogP contribution in [-0.2, 0) is 30.5 Å². The highest BCUT2D eigenvalue weighted by molar-refractivity contribution is 6.23. The van der Waals surface area contributed by atoms with Gasteiger partial charge in [-0.3, -0.25) is 14.4 Å². The number of nitrogens with one attached hydrogen (secondary N) is 3. The van der Waals surface area contributed by atoms with Crippen LogP contribution in [0.25, 0.3) is 5.57 Å². The van der Waals surface area contributed by atoms with Gasteiger partial charge in [0.25, 0.3) is 5.91 Å². The van der Waals surface area contributed by atoms with Crippen LogP contribution in [0.1, 0.15) is 84.8 Å². The Labute approximate surface area is 278 Å². The fourth-order valence-electron chi connectivity index (χ4n) is 6.21. The summed E-state index contributed by atoms with van der Waals surface area (Å²) in [7, 11) is 0. The average molecular weight is 647 g/mol. The van der Waals surface area contributed by atoms with Crippen molar-refractivity contribution < 1.29 is 28.7 Å². The van der Waals surface area contributed by atoms with Gasteiger partial charge in [0.1, 0.15) is 17.2 Å². The SMILES string of the molecule is CCN(CC1=C(c2ccccc2)C(=O)NC12CCCCC2)C(=O)[C@@H](COCc1ccccc1)NC(=O)C(C)(C)NC(=O)OC(C)(C)C. The van der Waals surface area contributed by atoms with Gasteiger partial charge in [0.2, 0.25) is 11.8 Å². The third kappa shape index (κ3) is 9.22. The van der Waals surface area contributed by atoms with Crippen molar-refractivity contribution in [3.8, 4) is 0 Å². The number of carbonyl (C=O) groups is 4. The number of alkyl carbamates (subject to hydrolysis) is 1. The lowest BCUT2D eigenvalue weighted by atomic mass is 9.76. The van der Waals surface area contributed by atoms with Crippen molar-refractivity contribution in [2.45, 2.75) is 103 Å². The van der Waals surface area contributed by atoms with Crippen LogP contribution in [0.15, 0.2) is 66.2 Å². The number of ether oxygens (including phenoxy) is 2. The van der Waals surface area contributed by atoms with Gasteiger partial charge < -0.3 is 30.3 Å². The number of hydrogen-bond donors (Lipinski definition) is 3. The third-order valence-corrected chi connectivity index (χ3v) is 8.65. The van der Waals surface area contributed by atoms with E-state index in [0.29, 0.717) is 12.1 Å². The van der Waals surface area contributed by atoms with Crippen LogP contribution in [0, 0.1) is 0 Å². The Balaban J connectivity index is 1.61. The predicted molar refractivity (Wildman–Crippen MR) is 181 cm³/mol. The molecule has 0 radical (unpaired) electrons. The van der Waals surface area contributed by atoms with Gasteiger partial charge in [0.15, 0.2) is 0 Å². The maximum Gasteiger partial charge on any atom is 0.408 e. The number of rotatable bonds is 12. The van der Waals surface area contributed by atoms with Gasteiger partial charge in [-0.1, -0.05) is 79.9 Å². The monoisotopic (exact) mass is 646 g/mol. The maximum absolute atomic E-state index is 14.4. The number of hydrogen-bond acceptors (Lipinski definition) is 6. The Morgan fingerprint density at radius 1 is 0.936 bits per heavy atom. The molecule has 1 aliphatic heterocycles. The van der Waals surface area contributed by atoms with Gasteiger partial charge in [-0.05, 0) is 71.1 Å². The molecule has 1 aliphatic carbocycles. The first-order chi connectivity index (χ1) is 22.2. The molecule has 2 aromatic rings. The Morgan fingerprint density at radius 3 is 2.15 bits per heavy atom.